The van der Waals surface area contributed by atoms with Crippen LogP contribution in [-0.4, -0.2) is 29.9 Å². The molecule has 0 aliphatic heterocycles. The zero-order valence-corrected chi connectivity index (χ0v) is 7.92. The van der Waals surface area contributed by atoms with Crippen molar-refractivity contribution < 1.29 is 4.79 Å². The summed E-state index contributed by atoms with van der Waals surface area (Å²) in [5.41, 5.74) is 5.44. The van der Waals surface area contributed by atoms with Crippen molar-refractivity contribution in [3.63, 3.8) is 0 Å². The molecule has 0 atom stereocenters. The van der Waals surface area contributed by atoms with Crippen LogP contribution in [0.15, 0.2) is 0 Å². The van der Waals surface area contributed by atoms with Gasteiger partial charge >= 0.3 is 0 Å². The highest BCUT2D eigenvalue weighted by Gasteiger charge is 2.32. The maximum atomic E-state index is 11.6. The third-order valence-corrected chi connectivity index (χ3v) is 2.13. The van der Waals surface area contributed by atoms with Gasteiger partial charge in [-0.25, -0.2) is 0 Å². The van der Waals surface area contributed by atoms with E-state index in [1.807, 2.05) is 18.7 Å². The molecule has 1 rings (SSSR count). The summed E-state index contributed by atoms with van der Waals surface area (Å²) in [5, 5.41) is 0. The molecule has 70 valence electrons. The summed E-state index contributed by atoms with van der Waals surface area (Å²) in [6.07, 6.45) is 2.33. The van der Waals surface area contributed by atoms with Crippen LogP contribution in [0.2, 0.25) is 0 Å². The first-order valence-corrected chi connectivity index (χ1v) is 4.67. The molecule has 3 nitrogen and oxygen atoms in total. The highest BCUT2D eigenvalue weighted by atomic mass is 16.2. The molecule has 0 heterocycles. The van der Waals surface area contributed by atoms with Crippen molar-refractivity contribution in [2.45, 2.75) is 32.7 Å². The zero-order valence-electron chi connectivity index (χ0n) is 7.92. The Morgan fingerprint density at radius 3 is 2.50 bits per heavy atom. The molecule has 3 heteroatoms. The predicted molar refractivity (Wildman–Crippen MR) is 48.6 cm³/mol. The lowest BCUT2D eigenvalue weighted by molar-refractivity contribution is -0.134. The minimum absolute atomic E-state index is 0.108. The summed E-state index contributed by atoms with van der Waals surface area (Å²) in [6, 6.07) is 0.503. The van der Waals surface area contributed by atoms with Crippen LogP contribution in [0.5, 0.6) is 0 Å². The quantitative estimate of drug-likeness (QED) is 0.671. The van der Waals surface area contributed by atoms with Crippen molar-refractivity contribution in [3.8, 4) is 0 Å². The number of nitrogens with two attached hydrogens (primary N) is 1. The van der Waals surface area contributed by atoms with E-state index in [9.17, 15) is 4.79 Å². The van der Waals surface area contributed by atoms with Crippen molar-refractivity contribution in [1.29, 1.82) is 0 Å². The summed E-state index contributed by atoms with van der Waals surface area (Å²) in [4.78, 5) is 13.5. The third-order valence-electron chi connectivity index (χ3n) is 2.13. The summed E-state index contributed by atoms with van der Waals surface area (Å²) in [5.74, 6) is 0.361. The molecule has 2 N–H and O–H groups in total. The van der Waals surface area contributed by atoms with Crippen LogP contribution in [0.25, 0.3) is 0 Å². The fourth-order valence-electron chi connectivity index (χ4n) is 1.33. The van der Waals surface area contributed by atoms with Gasteiger partial charge in [0.15, 0.2) is 0 Å². The molecule has 0 unspecified atom stereocenters. The Kier molecular flexibility index (Phi) is 3.09. The Morgan fingerprint density at radius 2 is 2.17 bits per heavy atom. The van der Waals surface area contributed by atoms with E-state index in [0.29, 0.717) is 12.6 Å². The van der Waals surface area contributed by atoms with Gasteiger partial charge in [-0.05, 0) is 12.8 Å². The van der Waals surface area contributed by atoms with Gasteiger partial charge in [0.1, 0.15) is 0 Å². The largest absolute Gasteiger partial charge is 0.338 e. The number of carbonyl (C=O) groups excluding carboxylic acids is 1. The second-order valence-electron chi connectivity index (χ2n) is 3.71. The van der Waals surface area contributed by atoms with Crippen molar-refractivity contribution in [3.05, 3.63) is 0 Å². The van der Waals surface area contributed by atoms with Gasteiger partial charge in [-0.1, -0.05) is 13.8 Å². The van der Waals surface area contributed by atoms with Gasteiger partial charge in [0.05, 0.1) is 0 Å². The average Bonchev–Trinajstić information content (AvgIpc) is 2.81. The molecule has 1 aliphatic rings. The lowest BCUT2D eigenvalue weighted by Crippen LogP contribution is -2.39. The predicted octanol–water partition coefficient (Wildman–Crippen LogP) is 0.592. The number of hydrogen-bond acceptors (Lipinski definition) is 2. The van der Waals surface area contributed by atoms with Crippen LogP contribution >= 0.6 is 0 Å². The van der Waals surface area contributed by atoms with E-state index in [2.05, 4.69) is 0 Å². The highest BCUT2D eigenvalue weighted by Crippen LogP contribution is 2.27. The van der Waals surface area contributed by atoms with Gasteiger partial charge in [0, 0.05) is 25.0 Å². The van der Waals surface area contributed by atoms with Crippen molar-refractivity contribution >= 4 is 5.91 Å². The molecule has 0 bridgehead atoms. The number of nitrogens with zero attached hydrogens (tertiary/aromatic N) is 1. The first kappa shape index (κ1) is 9.52. The normalized spacial score (nSPS) is 16.7. The Morgan fingerprint density at radius 1 is 1.58 bits per heavy atom. The monoisotopic (exact) mass is 170 g/mol. The number of rotatable bonds is 4. The van der Waals surface area contributed by atoms with Crippen molar-refractivity contribution in [2.24, 2.45) is 11.7 Å². The lowest BCUT2D eigenvalue weighted by Gasteiger charge is -2.23. The molecular weight excluding hydrogens is 152 g/mol. The van der Waals surface area contributed by atoms with Crippen LogP contribution < -0.4 is 5.73 Å². The van der Waals surface area contributed by atoms with Crippen LogP contribution in [0.4, 0.5) is 0 Å². The Balaban J connectivity index is 2.46. The van der Waals surface area contributed by atoms with Gasteiger partial charge in [0.25, 0.3) is 0 Å². The van der Waals surface area contributed by atoms with Gasteiger partial charge in [-0.2, -0.15) is 0 Å². The maximum absolute atomic E-state index is 11.6. The number of amides is 1. The molecule has 1 aliphatic carbocycles. The van der Waals surface area contributed by atoms with Gasteiger partial charge in [-0.15, -0.1) is 0 Å². The molecule has 0 spiro atoms. The molecule has 0 saturated heterocycles. The van der Waals surface area contributed by atoms with E-state index in [1.54, 1.807) is 0 Å². The lowest BCUT2D eigenvalue weighted by atomic mass is 10.2. The smallest absolute Gasteiger partial charge is 0.225 e. The van der Waals surface area contributed by atoms with E-state index < -0.39 is 0 Å². The second-order valence-corrected chi connectivity index (χ2v) is 3.71. The van der Waals surface area contributed by atoms with Gasteiger partial charge in [-0.3, -0.25) is 4.79 Å². The summed E-state index contributed by atoms with van der Waals surface area (Å²) in [6.45, 7) is 5.18. The second kappa shape index (κ2) is 3.90. The molecule has 12 heavy (non-hydrogen) atoms. The van der Waals surface area contributed by atoms with E-state index in [0.717, 1.165) is 6.54 Å². The summed E-state index contributed by atoms with van der Waals surface area (Å²) < 4.78 is 0. The Labute approximate surface area is 73.9 Å². The molecule has 1 saturated carbocycles. The molecule has 0 aromatic carbocycles. The molecule has 1 amide bonds. The van der Waals surface area contributed by atoms with E-state index in [-0.39, 0.29) is 11.8 Å². The van der Waals surface area contributed by atoms with E-state index in [4.69, 9.17) is 5.73 Å². The fraction of sp³-hybridized carbons (Fsp3) is 0.889. The average molecular weight is 170 g/mol. The van der Waals surface area contributed by atoms with Crippen LogP contribution in [0, 0.1) is 5.92 Å². The summed E-state index contributed by atoms with van der Waals surface area (Å²) in [7, 11) is 0. The Hall–Kier alpha value is -0.570. The SMILES string of the molecule is CC(C)C(=O)N(CCN)C1CC1. The van der Waals surface area contributed by atoms with Crippen molar-refractivity contribution in [1.82, 2.24) is 4.90 Å². The minimum Gasteiger partial charge on any atom is -0.338 e. The topological polar surface area (TPSA) is 46.3 Å². The molecule has 1 fully saturated rings. The van der Waals surface area contributed by atoms with E-state index in [1.165, 1.54) is 12.8 Å². The number of carbonyl (C=O) groups is 1. The molecular formula is C9H18N2O. The first-order valence-electron chi connectivity index (χ1n) is 4.67. The van der Waals surface area contributed by atoms with Crippen LogP contribution in [0.3, 0.4) is 0 Å². The standard InChI is InChI=1S/C9H18N2O/c1-7(2)9(12)11(6-5-10)8-3-4-8/h7-8H,3-6,10H2,1-2H3. The maximum Gasteiger partial charge on any atom is 0.225 e. The van der Waals surface area contributed by atoms with Gasteiger partial charge in [0.2, 0.25) is 5.91 Å². The van der Waals surface area contributed by atoms with E-state index >= 15 is 0 Å². The minimum atomic E-state index is 0.108. The zero-order chi connectivity index (χ0) is 9.14. The third kappa shape index (κ3) is 2.21. The summed E-state index contributed by atoms with van der Waals surface area (Å²) >= 11 is 0. The van der Waals surface area contributed by atoms with Gasteiger partial charge < -0.3 is 10.6 Å². The Bertz CT molecular complexity index is 164. The fourth-order valence-corrected chi connectivity index (χ4v) is 1.33. The first-order chi connectivity index (χ1) is 5.66. The molecule has 0 radical (unpaired) electrons. The molecule has 0 aromatic rings. The number of hydrogen-bond donors (Lipinski definition) is 1. The van der Waals surface area contributed by atoms with Crippen molar-refractivity contribution in [2.75, 3.05) is 13.1 Å². The highest BCUT2D eigenvalue weighted by molar-refractivity contribution is 5.78. The van der Waals surface area contributed by atoms with Crippen LogP contribution in [0.1, 0.15) is 26.7 Å². The molecule has 0 aromatic heterocycles. The van der Waals surface area contributed by atoms with Crippen LogP contribution in [-0.2, 0) is 4.79 Å².